The Morgan fingerprint density at radius 2 is 2.16 bits per heavy atom. The van der Waals surface area contributed by atoms with Crippen LogP contribution in [0.25, 0.3) is 0 Å². The van der Waals surface area contributed by atoms with Crippen LogP contribution in [0.15, 0.2) is 24.5 Å². The van der Waals surface area contributed by atoms with Crippen LogP contribution >= 0.6 is 0 Å². The second kappa shape index (κ2) is 6.71. The number of amides is 2. The number of nitrogens with zero attached hydrogens (tertiary/aromatic N) is 2. The molecule has 0 aromatic carbocycles. The molecule has 2 aliphatic heterocycles. The first-order valence-corrected chi connectivity index (χ1v) is 8.89. The third-order valence-corrected chi connectivity index (χ3v) is 5.51. The summed E-state index contributed by atoms with van der Waals surface area (Å²) in [5.74, 6) is 0.000365. The molecule has 1 saturated carbocycles. The molecule has 1 aromatic rings. The number of aromatic nitrogens is 1. The highest BCUT2D eigenvalue weighted by atomic mass is 19.1. The monoisotopic (exact) mass is 347 g/mol. The minimum absolute atomic E-state index is 0.0409. The van der Waals surface area contributed by atoms with Gasteiger partial charge in [0.15, 0.2) is 0 Å². The number of carbonyl (C=O) groups is 2. The lowest BCUT2D eigenvalue weighted by Gasteiger charge is -2.39. The molecule has 1 unspecified atom stereocenters. The fraction of sp³-hybridized carbons (Fsp3) is 0.611. The van der Waals surface area contributed by atoms with Crippen molar-refractivity contribution in [3.8, 4) is 0 Å². The van der Waals surface area contributed by atoms with E-state index < -0.39 is 12.3 Å². The number of hydrogen-bond acceptors (Lipinski definition) is 4. The highest BCUT2D eigenvalue weighted by molar-refractivity contribution is 5.94. The summed E-state index contributed by atoms with van der Waals surface area (Å²) in [5.41, 5.74) is 0.647. The quantitative estimate of drug-likeness (QED) is 0.905. The number of pyridine rings is 1. The van der Waals surface area contributed by atoms with Gasteiger partial charge in [0.1, 0.15) is 12.3 Å². The predicted molar refractivity (Wildman–Crippen MR) is 88.5 cm³/mol. The summed E-state index contributed by atoms with van der Waals surface area (Å²) >= 11 is 0. The van der Waals surface area contributed by atoms with Gasteiger partial charge in [-0.15, -0.1) is 0 Å². The Balaban J connectivity index is 1.32. The number of hydrogen-bond donors (Lipinski definition) is 1. The van der Waals surface area contributed by atoms with Gasteiger partial charge < -0.3 is 15.0 Å². The number of ether oxygens (including phenoxy) is 1. The molecule has 3 aliphatic rings. The molecule has 134 valence electrons. The number of fused-ring (bicyclic) bond motifs is 1. The van der Waals surface area contributed by atoms with Crippen molar-refractivity contribution >= 4 is 17.5 Å². The van der Waals surface area contributed by atoms with Gasteiger partial charge in [-0.2, -0.15) is 0 Å². The van der Waals surface area contributed by atoms with Crippen molar-refractivity contribution in [3.63, 3.8) is 0 Å². The standard InChI is InChI=1S/C18H22FN3O3/c19-13-6-12(7-13)18(24)22-5-3-11-8-15(25-16(11)10-22)17(23)21-14-2-1-4-20-9-14/h1-2,4,9,11-13,15-16H,3,5-8,10H2,(H,21,23)/t11-,12?,13?,15?,16-/m0/s1. The van der Waals surface area contributed by atoms with Crippen molar-refractivity contribution < 1.29 is 18.7 Å². The minimum Gasteiger partial charge on any atom is -0.363 e. The molecule has 1 N–H and O–H groups in total. The van der Waals surface area contributed by atoms with Crippen LogP contribution in [0.3, 0.4) is 0 Å². The number of anilines is 1. The Morgan fingerprint density at radius 1 is 1.32 bits per heavy atom. The maximum absolute atomic E-state index is 13.0. The lowest BCUT2D eigenvalue weighted by Crippen LogP contribution is -2.50. The number of piperidine rings is 1. The van der Waals surface area contributed by atoms with E-state index in [1.807, 2.05) is 0 Å². The van der Waals surface area contributed by atoms with Gasteiger partial charge in [-0.05, 0) is 43.7 Å². The van der Waals surface area contributed by atoms with E-state index in [1.165, 1.54) is 0 Å². The summed E-state index contributed by atoms with van der Waals surface area (Å²) in [4.78, 5) is 30.5. The molecule has 2 saturated heterocycles. The lowest BCUT2D eigenvalue weighted by molar-refractivity contribution is -0.145. The summed E-state index contributed by atoms with van der Waals surface area (Å²) in [6, 6.07) is 3.54. The number of rotatable bonds is 3. The molecular formula is C18H22FN3O3. The molecule has 1 aromatic heterocycles. The fourth-order valence-corrected chi connectivity index (χ4v) is 3.97. The van der Waals surface area contributed by atoms with Gasteiger partial charge in [-0.1, -0.05) is 0 Å². The Hall–Kier alpha value is -2.02. The Morgan fingerprint density at radius 3 is 2.88 bits per heavy atom. The molecule has 7 heteroatoms. The van der Waals surface area contributed by atoms with Crippen LogP contribution in [0.2, 0.25) is 0 Å². The van der Waals surface area contributed by atoms with Crippen LogP contribution < -0.4 is 5.32 Å². The van der Waals surface area contributed by atoms with Crippen LogP contribution in [0.4, 0.5) is 10.1 Å². The van der Waals surface area contributed by atoms with Gasteiger partial charge in [0.25, 0.3) is 5.91 Å². The summed E-state index contributed by atoms with van der Waals surface area (Å²) in [6.07, 6.45) is 4.02. The Labute approximate surface area is 145 Å². The molecule has 0 radical (unpaired) electrons. The molecule has 0 bridgehead atoms. The molecule has 2 amide bonds. The average molecular weight is 347 g/mol. The molecular weight excluding hydrogens is 325 g/mol. The third-order valence-electron chi connectivity index (χ3n) is 5.51. The fourth-order valence-electron chi connectivity index (χ4n) is 3.97. The summed E-state index contributed by atoms with van der Waals surface area (Å²) in [5, 5.41) is 2.82. The van der Waals surface area contributed by atoms with E-state index >= 15 is 0 Å². The second-order valence-electron chi connectivity index (χ2n) is 7.23. The van der Waals surface area contributed by atoms with Crippen LogP contribution in [0.1, 0.15) is 25.7 Å². The minimum atomic E-state index is -0.824. The number of nitrogens with one attached hydrogen (secondary N) is 1. The van der Waals surface area contributed by atoms with Crippen LogP contribution in [-0.2, 0) is 14.3 Å². The zero-order valence-corrected chi connectivity index (χ0v) is 13.9. The van der Waals surface area contributed by atoms with Gasteiger partial charge in [-0.25, -0.2) is 4.39 Å². The summed E-state index contributed by atoms with van der Waals surface area (Å²) in [6.45, 7) is 1.18. The average Bonchev–Trinajstić information content (AvgIpc) is 3.02. The zero-order chi connectivity index (χ0) is 17.4. The topological polar surface area (TPSA) is 71.5 Å². The molecule has 0 spiro atoms. The number of likely N-dealkylation sites (tertiary alicyclic amines) is 1. The largest absolute Gasteiger partial charge is 0.363 e. The highest BCUT2D eigenvalue weighted by Crippen LogP contribution is 2.37. The summed E-state index contributed by atoms with van der Waals surface area (Å²) < 4.78 is 18.9. The van der Waals surface area contributed by atoms with Gasteiger partial charge in [0, 0.05) is 25.2 Å². The first kappa shape index (κ1) is 16.4. The molecule has 3 atom stereocenters. The van der Waals surface area contributed by atoms with Crippen molar-refractivity contribution in [1.29, 1.82) is 0 Å². The van der Waals surface area contributed by atoms with E-state index in [0.717, 1.165) is 6.42 Å². The number of halogens is 1. The van der Waals surface area contributed by atoms with E-state index in [1.54, 1.807) is 29.4 Å². The molecule has 4 rings (SSSR count). The van der Waals surface area contributed by atoms with E-state index in [-0.39, 0.29) is 23.8 Å². The molecule has 3 heterocycles. The first-order chi connectivity index (χ1) is 12.1. The van der Waals surface area contributed by atoms with E-state index in [9.17, 15) is 14.0 Å². The Kier molecular flexibility index (Phi) is 4.41. The molecule has 25 heavy (non-hydrogen) atoms. The van der Waals surface area contributed by atoms with Crippen molar-refractivity contribution in [1.82, 2.24) is 9.88 Å². The van der Waals surface area contributed by atoms with Crippen LogP contribution in [0.5, 0.6) is 0 Å². The van der Waals surface area contributed by atoms with Crippen molar-refractivity contribution in [2.24, 2.45) is 11.8 Å². The molecule has 1 aliphatic carbocycles. The lowest BCUT2D eigenvalue weighted by atomic mass is 9.81. The smallest absolute Gasteiger partial charge is 0.253 e. The zero-order valence-electron chi connectivity index (χ0n) is 13.9. The second-order valence-corrected chi connectivity index (χ2v) is 7.23. The van der Waals surface area contributed by atoms with E-state index in [4.69, 9.17) is 4.74 Å². The summed E-state index contributed by atoms with van der Waals surface area (Å²) in [7, 11) is 0. The molecule has 3 fully saturated rings. The van der Waals surface area contributed by atoms with Crippen molar-refractivity contribution in [2.45, 2.75) is 44.1 Å². The maximum Gasteiger partial charge on any atom is 0.253 e. The highest BCUT2D eigenvalue weighted by Gasteiger charge is 2.45. The molecule has 6 nitrogen and oxygen atoms in total. The van der Waals surface area contributed by atoms with Gasteiger partial charge in [-0.3, -0.25) is 14.6 Å². The van der Waals surface area contributed by atoms with Gasteiger partial charge >= 0.3 is 0 Å². The van der Waals surface area contributed by atoms with Crippen LogP contribution in [0, 0.1) is 11.8 Å². The third kappa shape index (κ3) is 3.38. The van der Waals surface area contributed by atoms with E-state index in [2.05, 4.69) is 10.3 Å². The number of alkyl halides is 1. The van der Waals surface area contributed by atoms with Crippen molar-refractivity contribution in [2.75, 3.05) is 18.4 Å². The normalized spacial score (nSPS) is 34.1. The number of carbonyl (C=O) groups excluding carboxylic acids is 2. The van der Waals surface area contributed by atoms with Crippen molar-refractivity contribution in [3.05, 3.63) is 24.5 Å². The van der Waals surface area contributed by atoms with Gasteiger partial charge in [0.2, 0.25) is 5.91 Å². The SMILES string of the molecule is O=C(Nc1cccnc1)C1C[C@@H]2CCN(C(=O)C3CC(F)C3)C[C@@H]2O1. The van der Waals surface area contributed by atoms with Gasteiger partial charge in [0.05, 0.1) is 18.0 Å². The van der Waals surface area contributed by atoms with Crippen LogP contribution in [-0.4, -0.2) is 53.2 Å². The Bertz CT molecular complexity index is 650. The maximum atomic E-state index is 13.0. The predicted octanol–water partition coefficient (Wildman–Crippen LogP) is 1.77. The first-order valence-electron chi connectivity index (χ1n) is 8.89. The van der Waals surface area contributed by atoms with E-state index in [0.29, 0.717) is 44.0 Å².